The van der Waals surface area contributed by atoms with Crippen molar-refractivity contribution >= 4 is 40.1 Å². The molecule has 0 saturated carbocycles. The van der Waals surface area contributed by atoms with Crippen molar-refractivity contribution in [2.24, 2.45) is 10.9 Å². The summed E-state index contributed by atoms with van der Waals surface area (Å²) in [4.78, 5) is 17.4. The van der Waals surface area contributed by atoms with Crippen molar-refractivity contribution in [1.82, 2.24) is 9.97 Å². The normalized spacial score (nSPS) is 22.9. The molecule has 0 radical (unpaired) electrons. The number of rotatable bonds is 13. The minimum absolute atomic E-state index is 0.110. The third-order valence-corrected chi connectivity index (χ3v) is 9.34. The van der Waals surface area contributed by atoms with Crippen LogP contribution in [-0.2, 0) is 19.3 Å². The van der Waals surface area contributed by atoms with Gasteiger partial charge in [-0.25, -0.2) is 22.8 Å². The Morgan fingerprint density at radius 1 is 1.28 bits per heavy atom. The Hall–Kier alpha value is -3.09. The molecule has 2 aliphatic heterocycles. The average Bonchev–Trinajstić information content (AvgIpc) is 2.96. The van der Waals surface area contributed by atoms with Gasteiger partial charge in [0.1, 0.15) is 27.6 Å². The maximum atomic E-state index is 14.9. The molecular formula is C31H45FN6O4S. The molecule has 3 heterocycles. The summed E-state index contributed by atoms with van der Waals surface area (Å²) in [6, 6.07) is 6.13. The number of hydrogen-bond donors (Lipinski definition) is 1. The van der Waals surface area contributed by atoms with E-state index in [1.165, 1.54) is 6.26 Å². The maximum Gasteiger partial charge on any atom is 0.227 e. The number of nitrogens with zero attached hydrogens (tertiary/aromatic N) is 5. The molecule has 43 heavy (non-hydrogen) atoms. The number of benzene rings is 1. The molecule has 2 fully saturated rings. The van der Waals surface area contributed by atoms with Crippen molar-refractivity contribution in [1.29, 1.82) is 0 Å². The van der Waals surface area contributed by atoms with E-state index in [2.05, 4.69) is 71.7 Å². The summed E-state index contributed by atoms with van der Waals surface area (Å²) in [7, 11) is -1.44. The second-order valence-corrected chi connectivity index (χ2v) is 14.0. The lowest BCUT2D eigenvalue weighted by Gasteiger charge is -2.48. The Kier molecular flexibility index (Phi) is 10.8. The molecule has 2 aromatic rings. The van der Waals surface area contributed by atoms with Crippen LogP contribution in [0.1, 0.15) is 49.8 Å². The van der Waals surface area contributed by atoms with Gasteiger partial charge in [-0.05, 0) is 67.8 Å². The third-order valence-electron chi connectivity index (χ3n) is 8.31. The largest absolute Gasteiger partial charge is 0.382 e. The highest BCUT2D eigenvalue weighted by atomic mass is 32.2. The van der Waals surface area contributed by atoms with Crippen molar-refractivity contribution < 1.29 is 22.3 Å². The fourth-order valence-electron chi connectivity index (χ4n) is 5.83. The Balaban J connectivity index is 1.53. The van der Waals surface area contributed by atoms with Crippen molar-refractivity contribution in [3.8, 4) is 0 Å². The van der Waals surface area contributed by atoms with Crippen LogP contribution in [0.2, 0.25) is 0 Å². The zero-order valence-corrected chi connectivity index (χ0v) is 26.9. The number of aliphatic imine (C=N–C) groups is 1. The molecule has 12 heteroatoms. The van der Waals surface area contributed by atoms with Gasteiger partial charge in [0.2, 0.25) is 5.95 Å². The number of hydrogen-bond acceptors (Lipinski definition) is 10. The average molecular weight is 617 g/mol. The summed E-state index contributed by atoms with van der Waals surface area (Å²) >= 11 is 0. The molecule has 2 aliphatic rings. The first kappa shape index (κ1) is 32.8. The maximum absolute atomic E-state index is 14.9. The summed E-state index contributed by atoms with van der Waals surface area (Å²) in [6.07, 6.45) is 3.82. The van der Waals surface area contributed by atoms with E-state index in [0.29, 0.717) is 50.3 Å². The first-order chi connectivity index (χ1) is 20.4. The second kappa shape index (κ2) is 14.1. The predicted octanol–water partition coefficient (Wildman–Crippen LogP) is 4.47. The van der Waals surface area contributed by atoms with Gasteiger partial charge >= 0.3 is 0 Å². The van der Waals surface area contributed by atoms with Gasteiger partial charge in [0.15, 0.2) is 0 Å². The van der Waals surface area contributed by atoms with Gasteiger partial charge in [-0.2, -0.15) is 4.98 Å². The molecule has 0 bridgehead atoms. The van der Waals surface area contributed by atoms with Crippen LogP contribution in [0.25, 0.3) is 6.08 Å². The van der Waals surface area contributed by atoms with Gasteiger partial charge in [-0.3, -0.25) is 0 Å². The van der Waals surface area contributed by atoms with E-state index in [1.807, 2.05) is 11.0 Å². The Morgan fingerprint density at radius 2 is 2.05 bits per heavy atom. The first-order valence-electron chi connectivity index (χ1n) is 14.8. The van der Waals surface area contributed by atoms with Crippen molar-refractivity contribution in [2.75, 3.05) is 67.1 Å². The molecular weight excluding hydrogens is 571 g/mol. The highest BCUT2D eigenvalue weighted by Crippen LogP contribution is 2.38. The molecule has 10 nitrogen and oxygen atoms in total. The Morgan fingerprint density at radius 3 is 2.67 bits per heavy atom. The molecule has 1 N–H and O–H groups in total. The Bertz CT molecular complexity index is 1420. The van der Waals surface area contributed by atoms with Crippen LogP contribution in [0.5, 0.6) is 0 Å². The molecule has 0 aliphatic carbocycles. The number of halogens is 1. The van der Waals surface area contributed by atoms with Crippen molar-refractivity contribution in [3.63, 3.8) is 0 Å². The quantitative estimate of drug-likeness (QED) is 0.258. The van der Waals surface area contributed by atoms with Crippen LogP contribution in [0.15, 0.2) is 35.2 Å². The molecule has 2 saturated heterocycles. The lowest BCUT2D eigenvalue weighted by atomic mass is 9.87. The number of ether oxygens (including phenoxy) is 2. The number of piperidine rings is 1. The number of anilines is 3. The highest BCUT2D eigenvalue weighted by Gasteiger charge is 2.38. The molecule has 236 valence electrons. The SMILES string of the molecule is C=N/C(=C\c1c(C(C)C)ccc(N2C[C@H](CS(C)(=O)=O)[C@H]2C)c1C)Nc1ccnc(N2CC[C@H](OCCOC)[C@H](F)C2)n1. The van der Waals surface area contributed by atoms with Crippen LogP contribution < -0.4 is 15.1 Å². The van der Waals surface area contributed by atoms with Crippen LogP contribution in [0, 0.1) is 12.8 Å². The number of aromatic nitrogens is 2. The standard InChI is InChI=1S/C31H45FN6O4S/c1-20(2)24-8-9-27(38-17-23(22(38)4)19-43(7,39)40)21(3)25(24)16-30(33-5)35-29-10-12-34-31(36-29)37-13-11-28(26(32)18-37)42-15-14-41-6/h8-10,12,16,20,22-23,26,28H,5,11,13-15,17-19H2,1-4,6-7H3,(H,34,35,36)/b30-16+/t22-,23-,26-,28+/m1/s1. The minimum atomic E-state index is -3.03. The van der Waals surface area contributed by atoms with Gasteiger partial charge in [0.25, 0.3) is 0 Å². The van der Waals surface area contributed by atoms with Gasteiger partial charge in [-0.1, -0.05) is 19.9 Å². The number of nitrogens with one attached hydrogen (secondary N) is 1. The molecule has 1 aromatic carbocycles. The van der Waals surface area contributed by atoms with Crippen LogP contribution in [0.3, 0.4) is 0 Å². The first-order valence-corrected chi connectivity index (χ1v) is 16.8. The van der Waals surface area contributed by atoms with Gasteiger partial charge in [0, 0.05) is 50.3 Å². The van der Waals surface area contributed by atoms with E-state index < -0.39 is 22.1 Å². The fraction of sp³-hybridized carbons (Fsp3) is 0.581. The molecule has 0 amide bonds. The van der Waals surface area contributed by atoms with E-state index in [0.717, 1.165) is 22.4 Å². The van der Waals surface area contributed by atoms with Crippen LogP contribution in [0.4, 0.5) is 21.8 Å². The van der Waals surface area contributed by atoms with Crippen molar-refractivity contribution in [2.45, 2.75) is 58.4 Å². The molecule has 0 spiro atoms. The van der Waals surface area contributed by atoms with Gasteiger partial charge < -0.3 is 24.6 Å². The van der Waals surface area contributed by atoms with E-state index >= 15 is 0 Å². The summed E-state index contributed by atoms with van der Waals surface area (Å²) < 4.78 is 49.2. The molecule has 0 unspecified atom stereocenters. The van der Waals surface area contributed by atoms with Crippen LogP contribution >= 0.6 is 0 Å². The van der Waals surface area contributed by atoms with E-state index in [1.54, 1.807) is 19.4 Å². The van der Waals surface area contributed by atoms with Gasteiger partial charge in [-0.15, -0.1) is 0 Å². The minimum Gasteiger partial charge on any atom is -0.382 e. The summed E-state index contributed by atoms with van der Waals surface area (Å²) in [5.74, 6) is 2.05. The van der Waals surface area contributed by atoms with E-state index in [4.69, 9.17) is 9.47 Å². The van der Waals surface area contributed by atoms with E-state index in [-0.39, 0.29) is 30.2 Å². The Labute approximate surface area is 255 Å². The van der Waals surface area contributed by atoms with E-state index in [9.17, 15) is 12.8 Å². The number of methoxy groups -OCH3 is 1. The lowest BCUT2D eigenvalue weighted by molar-refractivity contribution is -0.0319. The monoisotopic (exact) mass is 616 g/mol. The highest BCUT2D eigenvalue weighted by molar-refractivity contribution is 7.90. The number of alkyl halides is 1. The second-order valence-electron chi connectivity index (χ2n) is 11.8. The number of sulfone groups is 1. The summed E-state index contributed by atoms with van der Waals surface area (Å²) in [6.45, 7) is 14.5. The predicted molar refractivity (Wildman–Crippen MR) is 172 cm³/mol. The zero-order valence-electron chi connectivity index (χ0n) is 26.1. The van der Waals surface area contributed by atoms with Crippen LogP contribution in [-0.4, -0.2) is 95.4 Å². The zero-order chi connectivity index (χ0) is 31.3. The smallest absolute Gasteiger partial charge is 0.227 e. The summed E-state index contributed by atoms with van der Waals surface area (Å²) in [5, 5.41) is 3.26. The lowest BCUT2D eigenvalue weighted by Crippen LogP contribution is -2.57. The molecule has 4 rings (SSSR count). The topological polar surface area (TPSA) is 109 Å². The fourth-order valence-corrected chi connectivity index (χ4v) is 6.99. The molecule has 4 atom stereocenters. The third kappa shape index (κ3) is 8.10. The van der Waals surface area contributed by atoms with Gasteiger partial charge in [0.05, 0.1) is 31.6 Å². The van der Waals surface area contributed by atoms with Crippen molar-refractivity contribution in [3.05, 3.63) is 46.9 Å². The summed E-state index contributed by atoms with van der Waals surface area (Å²) in [5.41, 5.74) is 4.37. The molecule has 1 aromatic heterocycles.